The van der Waals surface area contributed by atoms with E-state index in [0.717, 1.165) is 5.76 Å². The minimum absolute atomic E-state index is 0.496. The highest BCUT2D eigenvalue weighted by atomic mass is 16.5. The minimum Gasteiger partial charge on any atom is -0.493 e. The van der Waals surface area contributed by atoms with Crippen LogP contribution in [0.1, 0.15) is 30.2 Å². The van der Waals surface area contributed by atoms with Gasteiger partial charge in [0.15, 0.2) is 11.9 Å². The maximum atomic E-state index is 10.3. The van der Waals surface area contributed by atoms with E-state index >= 15 is 0 Å². The van der Waals surface area contributed by atoms with E-state index in [2.05, 4.69) is 5.10 Å². The Bertz CT molecular complexity index is 480. The zero-order chi connectivity index (χ0) is 12.4. The lowest BCUT2D eigenvalue weighted by molar-refractivity contribution is 0.173. The van der Waals surface area contributed by atoms with Gasteiger partial charge in [-0.05, 0) is 26.0 Å². The van der Waals surface area contributed by atoms with Crippen molar-refractivity contribution in [2.24, 2.45) is 0 Å². The predicted molar refractivity (Wildman–Crippen MR) is 62.0 cm³/mol. The number of furan rings is 1. The molecule has 0 aliphatic carbocycles. The summed E-state index contributed by atoms with van der Waals surface area (Å²) in [6.07, 6.45) is 0.735. The summed E-state index contributed by atoms with van der Waals surface area (Å²) in [6, 6.07) is 3.57. The summed E-state index contributed by atoms with van der Waals surface area (Å²) in [7, 11) is 1.56. The summed E-state index contributed by atoms with van der Waals surface area (Å²) >= 11 is 0. The molecule has 5 nitrogen and oxygen atoms in total. The first-order valence-electron chi connectivity index (χ1n) is 5.51. The molecule has 5 heteroatoms. The van der Waals surface area contributed by atoms with Gasteiger partial charge in [0.2, 0.25) is 0 Å². The van der Waals surface area contributed by atoms with E-state index in [4.69, 9.17) is 9.15 Å². The van der Waals surface area contributed by atoms with Crippen molar-refractivity contribution < 1.29 is 14.3 Å². The predicted octanol–water partition coefficient (Wildman–Crippen LogP) is 1.89. The average Bonchev–Trinajstić information content (AvgIpc) is 2.93. The zero-order valence-electron chi connectivity index (χ0n) is 10.2. The minimum atomic E-state index is -0.860. The van der Waals surface area contributed by atoms with Crippen molar-refractivity contribution in [3.05, 3.63) is 35.5 Å². The third-order valence-corrected chi connectivity index (χ3v) is 2.65. The molecule has 92 valence electrons. The first-order chi connectivity index (χ1) is 8.17. The van der Waals surface area contributed by atoms with Crippen molar-refractivity contribution >= 4 is 0 Å². The Hall–Kier alpha value is -1.75. The second-order valence-corrected chi connectivity index (χ2v) is 3.76. The van der Waals surface area contributed by atoms with Crippen molar-refractivity contribution in [1.82, 2.24) is 9.78 Å². The number of hydrogen-bond donors (Lipinski definition) is 1. The van der Waals surface area contributed by atoms with Gasteiger partial charge in [0.05, 0.1) is 13.3 Å². The Labute approximate surface area is 99.6 Å². The third kappa shape index (κ3) is 2.06. The Morgan fingerprint density at radius 3 is 2.82 bits per heavy atom. The lowest BCUT2D eigenvalue weighted by atomic mass is 10.2. The average molecular weight is 236 g/mol. The van der Waals surface area contributed by atoms with E-state index in [0.29, 0.717) is 23.7 Å². The Morgan fingerprint density at radius 1 is 1.53 bits per heavy atom. The van der Waals surface area contributed by atoms with Crippen molar-refractivity contribution in [2.75, 3.05) is 7.11 Å². The molecule has 17 heavy (non-hydrogen) atoms. The second kappa shape index (κ2) is 4.63. The van der Waals surface area contributed by atoms with Gasteiger partial charge in [-0.25, -0.2) is 0 Å². The van der Waals surface area contributed by atoms with Gasteiger partial charge in [0.25, 0.3) is 0 Å². The van der Waals surface area contributed by atoms with Crippen LogP contribution in [-0.2, 0) is 6.54 Å². The van der Waals surface area contributed by atoms with Crippen molar-refractivity contribution in [3.8, 4) is 5.75 Å². The Balaban J connectivity index is 2.41. The number of rotatable bonds is 4. The number of aliphatic hydroxyl groups excluding tert-OH is 1. The summed E-state index contributed by atoms with van der Waals surface area (Å²) in [5.41, 5.74) is 0.615. The molecular formula is C12H16N2O3. The summed E-state index contributed by atoms with van der Waals surface area (Å²) < 4.78 is 12.3. The van der Waals surface area contributed by atoms with Crippen LogP contribution in [0.4, 0.5) is 0 Å². The largest absolute Gasteiger partial charge is 0.493 e. The molecule has 0 aliphatic rings. The monoisotopic (exact) mass is 236 g/mol. The molecular weight excluding hydrogens is 220 g/mol. The van der Waals surface area contributed by atoms with E-state index in [9.17, 15) is 5.11 Å². The number of methoxy groups -OCH3 is 1. The number of aryl methyl sites for hydroxylation is 2. The van der Waals surface area contributed by atoms with Crippen LogP contribution in [0.3, 0.4) is 0 Å². The topological polar surface area (TPSA) is 60.4 Å². The van der Waals surface area contributed by atoms with Gasteiger partial charge in [-0.15, -0.1) is 0 Å². The van der Waals surface area contributed by atoms with E-state index in [-0.39, 0.29) is 0 Å². The SMILES string of the molecule is CCn1ncc(OC)c1C(O)c1ccc(C)o1. The quantitative estimate of drug-likeness (QED) is 0.880. The fourth-order valence-electron chi connectivity index (χ4n) is 1.80. The van der Waals surface area contributed by atoms with Crippen LogP contribution in [0.2, 0.25) is 0 Å². The van der Waals surface area contributed by atoms with Crippen LogP contribution in [0, 0.1) is 6.92 Å². The van der Waals surface area contributed by atoms with Gasteiger partial charge in [-0.1, -0.05) is 0 Å². The molecule has 1 N–H and O–H groups in total. The number of aromatic nitrogens is 2. The highest BCUT2D eigenvalue weighted by Gasteiger charge is 2.23. The van der Waals surface area contributed by atoms with Crippen molar-refractivity contribution in [1.29, 1.82) is 0 Å². The molecule has 0 bridgehead atoms. The van der Waals surface area contributed by atoms with Gasteiger partial charge >= 0.3 is 0 Å². The lowest BCUT2D eigenvalue weighted by Gasteiger charge is -2.12. The number of aliphatic hydroxyl groups is 1. The zero-order valence-corrected chi connectivity index (χ0v) is 10.2. The van der Waals surface area contributed by atoms with Crippen LogP contribution in [-0.4, -0.2) is 22.0 Å². The molecule has 0 fully saturated rings. The van der Waals surface area contributed by atoms with Crippen LogP contribution >= 0.6 is 0 Å². The highest BCUT2D eigenvalue weighted by molar-refractivity contribution is 5.31. The Kier molecular flexibility index (Phi) is 3.19. The van der Waals surface area contributed by atoms with Gasteiger partial charge in [-0.2, -0.15) is 5.10 Å². The molecule has 2 aromatic heterocycles. The van der Waals surface area contributed by atoms with Gasteiger partial charge < -0.3 is 14.3 Å². The second-order valence-electron chi connectivity index (χ2n) is 3.76. The molecule has 2 rings (SSSR count). The van der Waals surface area contributed by atoms with Gasteiger partial charge in [-0.3, -0.25) is 4.68 Å². The van der Waals surface area contributed by atoms with E-state index < -0.39 is 6.10 Å². The van der Waals surface area contributed by atoms with Crippen LogP contribution in [0.5, 0.6) is 5.75 Å². The number of nitrogens with zero attached hydrogens (tertiary/aromatic N) is 2. The third-order valence-electron chi connectivity index (χ3n) is 2.65. The summed E-state index contributed by atoms with van der Waals surface area (Å²) in [5, 5.41) is 14.4. The molecule has 2 aromatic rings. The normalized spacial score (nSPS) is 12.7. The fourth-order valence-corrected chi connectivity index (χ4v) is 1.80. The van der Waals surface area contributed by atoms with Crippen LogP contribution < -0.4 is 4.74 Å². The van der Waals surface area contributed by atoms with Gasteiger partial charge in [0, 0.05) is 6.54 Å². The molecule has 1 atom stereocenters. The first kappa shape index (κ1) is 11.7. The molecule has 2 heterocycles. The smallest absolute Gasteiger partial charge is 0.163 e. The first-order valence-corrected chi connectivity index (χ1v) is 5.51. The van der Waals surface area contributed by atoms with Crippen LogP contribution in [0.15, 0.2) is 22.7 Å². The van der Waals surface area contributed by atoms with Crippen molar-refractivity contribution in [3.63, 3.8) is 0 Å². The summed E-state index contributed by atoms with van der Waals surface area (Å²) in [6.45, 7) is 4.45. The molecule has 0 aliphatic heterocycles. The van der Waals surface area contributed by atoms with Gasteiger partial charge in [0.1, 0.15) is 17.2 Å². The van der Waals surface area contributed by atoms with Crippen molar-refractivity contribution in [2.45, 2.75) is 26.5 Å². The molecule has 0 saturated carbocycles. The highest BCUT2D eigenvalue weighted by Crippen LogP contribution is 2.30. The summed E-state index contributed by atoms with van der Waals surface area (Å²) in [5.74, 6) is 1.82. The van der Waals surface area contributed by atoms with E-state index in [1.54, 1.807) is 24.1 Å². The lowest BCUT2D eigenvalue weighted by Crippen LogP contribution is -2.09. The maximum absolute atomic E-state index is 10.3. The maximum Gasteiger partial charge on any atom is 0.163 e. The fraction of sp³-hybridized carbons (Fsp3) is 0.417. The van der Waals surface area contributed by atoms with E-state index in [1.165, 1.54) is 0 Å². The molecule has 0 spiro atoms. The van der Waals surface area contributed by atoms with E-state index in [1.807, 2.05) is 19.9 Å². The standard InChI is InChI=1S/C12H16N2O3/c1-4-14-11(10(16-3)7-13-14)12(15)9-6-5-8(2)17-9/h5-7,12,15H,4H2,1-3H3. The molecule has 1 unspecified atom stereocenters. The molecule has 0 amide bonds. The van der Waals surface area contributed by atoms with Crippen LogP contribution in [0.25, 0.3) is 0 Å². The molecule has 0 saturated heterocycles. The number of hydrogen-bond acceptors (Lipinski definition) is 4. The summed E-state index contributed by atoms with van der Waals surface area (Å²) in [4.78, 5) is 0. The molecule has 0 aromatic carbocycles. The Morgan fingerprint density at radius 2 is 2.29 bits per heavy atom. The number of ether oxygens (including phenoxy) is 1. The molecule has 0 radical (unpaired) electrons.